The third-order valence-electron chi connectivity index (χ3n) is 8.73. The van der Waals surface area contributed by atoms with Crippen LogP contribution in [0.5, 0.6) is 0 Å². The first-order valence-electron chi connectivity index (χ1n) is 15.7. The molecule has 1 heterocycles. The van der Waals surface area contributed by atoms with Crippen molar-refractivity contribution >= 4 is 39.8 Å². The minimum atomic E-state index is -1.29. The number of urea groups is 1. The van der Waals surface area contributed by atoms with Crippen molar-refractivity contribution in [3.63, 3.8) is 0 Å². The molecular weight excluding hydrogens is 707 g/mol. The summed E-state index contributed by atoms with van der Waals surface area (Å²) >= 11 is 4.35. The molecule has 3 amide bonds. The smallest absolute Gasteiger partial charge is 0.331 e. The van der Waals surface area contributed by atoms with Gasteiger partial charge in [-0.3, -0.25) is 14.8 Å². The second-order valence-corrected chi connectivity index (χ2v) is 13.6. The van der Waals surface area contributed by atoms with Crippen molar-refractivity contribution in [2.45, 2.75) is 16.5 Å². The minimum Gasteiger partial charge on any atom is -0.396 e. The molecule has 3 N–H and O–H groups in total. The number of benzene rings is 5. The Labute approximate surface area is 297 Å². The van der Waals surface area contributed by atoms with Gasteiger partial charge in [0.05, 0.1) is 30.7 Å². The van der Waals surface area contributed by atoms with Gasteiger partial charge in [0.15, 0.2) is 0 Å². The van der Waals surface area contributed by atoms with Crippen molar-refractivity contribution in [2.24, 2.45) is 5.92 Å². The number of carbonyl (C=O) groups excluding carboxylic acids is 2. The molecule has 0 radical (unpaired) electrons. The van der Waals surface area contributed by atoms with Gasteiger partial charge in [0.1, 0.15) is 11.4 Å². The highest BCUT2D eigenvalue weighted by atomic mass is 79.9. The molecule has 0 unspecified atom stereocenters. The molecule has 6 rings (SSSR count). The zero-order valence-corrected chi connectivity index (χ0v) is 28.7. The first-order chi connectivity index (χ1) is 23.9. The first kappa shape index (κ1) is 34.5. The van der Waals surface area contributed by atoms with E-state index in [1.807, 2.05) is 91.0 Å². The van der Waals surface area contributed by atoms with Crippen molar-refractivity contribution < 1.29 is 28.6 Å². The van der Waals surface area contributed by atoms with Gasteiger partial charge in [0.2, 0.25) is 0 Å². The van der Waals surface area contributed by atoms with E-state index in [0.717, 1.165) is 28.6 Å². The lowest BCUT2D eigenvalue weighted by Gasteiger charge is -2.38. The highest BCUT2D eigenvalue weighted by Crippen LogP contribution is 2.51. The van der Waals surface area contributed by atoms with Crippen molar-refractivity contribution in [1.29, 1.82) is 0 Å². The first-order valence-corrected chi connectivity index (χ1v) is 17.3. The van der Waals surface area contributed by atoms with E-state index < -0.39 is 46.7 Å². The monoisotopic (exact) mass is 740 g/mol. The Morgan fingerprint density at radius 1 is 0.857 bits per heavy atom. The lowest BCUT2D eigenvalue weighted by molar-refractivity contribution is -0.0601. The van der Waals surface area contributed by atoms with Gasteiger partial charge in [-0.2, -0.15) is 0 Å². The number of imide groups is 1. The number of rotatable bonds is 11. The quantitative estimate of drug-likeness (QED) is 0.0955. The molecule has 0 aliphatic carbocycles. The molecule has 0 spiro atoms. The summed E-state index contributed by atoms with van der Waals surface area (Å²) in [5.74, 6) is -1.87. The maximum absolute atomic E-state index is 15.7. The summed E-state index contributed by atoms with van der Waals surface area (Å²) in [5.41, 5.74) is 2.16. The van der Waals surface area contributed by atoms with Crippen LogP contribution in [0.1, 0.15) is 32.6 Å². The largest absolute Gasteiger partial charge is 0.396 e. The van der Waals surface area contributed by atoms with E-state index in [1.54, 1.807) is 42.5 Å². The second kappa shape index (κ2) is 15.5. The molecule has 250 valence electrons. The van der Waals surface area contributed by atoms with E-state index in [-0.39, 0.29) is 18.8 Å². The van der Waals surface area contributed by atoms with Gasteiger partial charge in [0, 0.05) is 21.5 Å². The Bertz CT molecular complexity index is 1770. The fraction of sp³-hybridized carbons (Fsp3) is 0.179. The Morgan fingerprint density at radius 3 is 1.92 bits per heavy atom. The third-order valence-corrected chi connectivity index (χ3v) is 10.5. The maximum Gasteiger partial charge on any atom is 0.331 e. The van der Waals surface area contributed by atoms with Crippen LogP contribution in [0.4, 0.5) is 9.18 Å². The van der Waals surface area contributed by atoms with Gasteiger partial charge in [-0.25, -0.2) is 9.18 Å². The molecule has 0 aromatic heterocycles. The van der Waals surface area contributed by atoms with Crippen molar-refractivity contribution in [3.8, 4) is 0 Å². The van der Waals surface area contributed by atoms with Gasteiger partial charge in [-0.05, 0) is 59.0 Å². The highest BCUT2D eigenvalue weighted by molar-refractivity contribution is 9.10. The molecular formula is C39H34BrFN2O5S. The highest BCUT2D eigenvalue weighted by Gasteiger charge is 2.54. The molecule has 1 aliphatic heterocycles. The average Bonchev–Trinajstić information content (AvgIpc) is 3.51. The number of halogens is 2. The van der Waals surface area contributed by atoms with E-state index in [1.165, 1.54) is 6.07 Å². The summed E-state index contributed by atoms with van der Waals surface area (Å²) in [6, 6.07) is 41.7. The fourth-order valence-electron chi connectivity index (χ4n) is 6.35. The van der Waals surface area contributed by atoms with Crippen LogP contribution in [0.25, 0.3) is 0 Å². The van der Waals surface area contributed by atoms with Gasteiger partial charge >= 0.3 is 6.03 Å². The summed E-state index contributed by atoms with van der Waals surface area (Å²) in [4.78, 5) is 25.7. The summed E-state index contributed by atoms with van der Waals surface area (Å²) < 4.78 is 31.1. The molecule has 49 heavy (non-hydrogen) atoms. The molecule has 1 fully saturated rings. The molecule has 5 aromatic carbocycles. The summed E-state index contributed by atoms with van der Waals surface area (Å²) in [5, 5.41) is 13.3. The van der Waals surface area contributed by atoms with E-state index in [9.17, 15) is 14.7 Å². The normalized spacial score (nSPS) is 18.9. The van der Waals surface area contributed by atoms with Crippen LogP contribution in [0.3, 0.4) is 0 Å². The third kappa shape index (κ3) is 7.20. The topological polar surface area (TPSA) is 96.9 Å². The second-order valence-electron chi connectivity index (χ2n) is 11.6. The predicted octanol–water partition coefficient (Wildman–Crippen LogP) is 7.59. The zero-order chi connectivity index (χ0) is 34.3. The van der Waals surface area contributed by atoms with Crippen LogP contribution in [0.15, 0.2) is 144 Å². The zero-order valence-electron chi connectivity index (χ0n) is 26.3. The molecule has 1 saturated heterocycles. The number of carbonyl (C=O) groups is 2. The standard InChI is InChI=1S/C39H34BrFN2O5S/c40-31-21-22-34(41)32(23-31)38(49-43-37(46)42-36(45)27-13-5-1-6-14-27)26-47-35(33(38)24-44)25-48-39(28-15-7-2-8-16-28,29-17-9-3-10-18-29)30-19-11-4-12-20-30/h1-23,33,35,44H,24-26H2,(H2,42,43,45,46)/t33-,35-,38-/m1/s1. The molecule has 0 bridgehead atoms. The Balaban J connectivity index is 1.33. The molecule has 10 heteroatoms. The molecule has 3 atom stereocenters. The SMILES string of the molecule is O=C(NS[C@@]1(c2cc(Br)ccc2F)CO[C@H](COC(c2ccccc2)(c2ccccc2)c2ccccc2)[C@H]1CO)NC(=O)c1ccccc1. The Morgan fingerprint density at radius 2 is 1.39 bits per heavy atom. The van der Waals surface area contributed by atoms with Gasteiger partial charge < -0.3 is 14.6 Å². The van der Waals surface area contributed by atoms with Crippen LogP contribution >= 0.6 is 27.9 Å². The molecule has 7 nitrogen and oxygen atoms in total. The summed E-state index contributed by atoms with van der Waals surface area (Å²) in [6.07, 6.45) is -0.720. The summed E-state index contributed by atoms with van der Waals surface area (Å²) in [7, 11) is 0. The van der Waals surface area contributed by atoms with Gasteiger partial charge in [-0.1, -0.05) is 125 Å². The van der Waals surface area contributed by atoms with Crippen LogP contribution in [0.2, 0.25) is 0 Å². The van der Waals surface area contributed by atoms with E-state index in [0.29, 0.717) is 10.0 Å². The van der Waals surface area contributed by atoms with Gasteiger partial charge in [0.25, 0.3) is 5.91 Å². The van der Waals surface area contributed by atoms with E-state index >= 15 is 4.39 Å². The summed E-state index contributed by atoms with van der Waals surface area (Å²) in [6.45, 7) is -0.457. The van der Waals surface area contributed by atoms with Crippen LogP contribution in [-0.2, 0) is 19.8 Å². The number of aliphatic hydroxyl groups excluding tert-OH is 1. The number of hydrogen-bond acceptors (Lipinski definition) is 6. The number of amides is 3. The lowest BCUT2D eigenvalue weighted by atomic mass is 9.79. The van der Waals surface area contributed by atoms with Crippen LogP contribution in [0, 0.1) is 11.7 Å². The van der Waals surface area contributed by atoms with Crippen LogP contribution < -0.4 is 10.0 Å². The Kier molecular flexibility index (Phi) is 10.9. The molecule has 1 aliphatic rings. The van der Waals surface area contributed by atoms with Crippen molar-refractivity contribution in [2.75, 3.05) is 19.8 Å². The number of nitrogens with one attached hydrogen (secondary N) is 2. The van der Waals surface area contributed by atoms with Crippen molar-refractivity contribution in [3.05, 3.63) is 178 Å². The minimum absolute atomic E-state index is 0.0144. The number of hydrogen-bond donors (Lipinski definition) is 3. The molecule has 5 aromatic rings. The fourth-order valence-corrected chi connectivity index (χ4v) is 7.80. The maximum atomic E-state index is 15.7. The number of aliphatic hydroxyl groups is 1. The molecule has 0 saturated carbocycles. The van der Waals surface area contributed by atoms with Gasteiger partial charge in [-0.15, -0.1) is 0 Å². The lowest BCUT2D eigenvalue weighted by Crippen LogP contribution is -2.44. The van der Waals surface area contributed by atoms with E-state index in [2.05, 4.69) is 26.0 Å². The predicted molar refractivity (Wildman–Crippen MR) is 191 cm³/mol. The van der Waals surface area contributed by atoms with Crippen molar-refractivity contribution in [1.82, 2.24) is 10.0 Å². The Hall–Kier alpha value is -4.32. The van der Waals surface area contributed by atoms with Crippen LogP contribution in [-0.4, -0.2) is 43.0 Å². The average molecular weight is 742 g/mol. The number of ether oxygens (including phenoxy) is 2. The van der Waals surface area contributed by atoms with E-state index in [4.69, 9.17) is 9.47 Å².